The Morgan fingerprint density at radius 2 is 1.96 bits per heavy atom. The van der Waals surface area contributed by atoms with Crippen LogP contribution in [0, 0.1) is 19.3 Å². The van der Waals surface area contributed by atoms with Crippen molar-refractivity contribution in [2.75, 3.05) is 0 Å². The highest BCUT2D eigenvalue weighted by molar-refractivity contribution is 5.77. The minimum absolute atomic E-state index is 0.0116. The monoisotopic (exact) mass is 311 g/mol. The van der Waals surface area contributed by atoms with Crippen LogP contribution in [-0.4, -0.2) is 31.7 Å². The van der Waals surface area contributed by atoms with Crippen molar-refractivity contribution in [3.8, 4) is 23.7 Å². The molecule has 0 fully saturated rings. The average molecular weight is 311 g/mol. The predicted octanol–water partition coefficient (Wildman–Crippen LogP) is 1.96. The van der Waals surface area contributed by atoms with E-state index in [1.165, 1.54) is 4.80 Å². The van der Waals surface area contributed by atoms with Crippen molar-refractivity contribution in [2.24, 2.45) is 0 Å². The lowest BCUT2D eigenvalue weighted by atomic mass is 9.94. The quantitative estimate of drug-likeness (QED) is 0.828. The van der Waals surface area contributed by atoms with Gasteiger partial charge in [-0.3, -0.25) is 4.79 Å². The Morgan fingerprint density at radius 1 is 1.30 bits per heavy atom. The van der Waals surface area contributed by atoms with Gasteiger partial charge >= 0.3 is 0 Å². The Kier molecular flexibility index (Phi) is 5.12. The van der Waals surface area contributed by atoms with Crippen LogP contribution in [0.4, 0.5) is 0 Å². The van der Waals surface area contributed by atoms with Gasteiger partial charge < -0.3 is 5.32 Å². The fourth-order valence-corrected chi connectivity index (χ4v) is 2.23. The maximum absolute atomic E-state index is 12.2. The van der Waals surface area contributed by atoms with Crippen LogP contribution in [-0.2, 0) is 11.3 Å². The first-order valence-electron chi connectivity index (χ1n) is 7.65. The van der Waals surface area contributed by atoms with Crippen molar-refractivity contribution >= 4 is 5.91 Å². The molecule has 1 heterocycles. The minimum Gasteiger partial charge on any atom is -0.338 e. The van der Waals surface area contributed by atoms with Crippen LogP contribution in [0.2, 0.25) is 0 Å². The predicted molar refractivity (Wildman–Crippen MR) is 88.3 cm³/mol. The number of nitrogens with one attached hydrogen (secondary N) is 1. The van der Waals surface area contributed by atoms with Crippen LogP contribution >= 0.6 is 0 Å². The molecule has 0 atom stereocenters. The number of aryl methyl sites for hydroxylation is 1. The summed E-state index contributed by atoms with van der Waals surface area (Å²) in [5.74, 6) is 2.94. The molecule has 2 aromatic rings. The summed E-state index contributed by atoms with van der Waals surface area (Å²) in [6, 6.07) is 7.81. The molecule has 23 heavy (non-hydrogen) atoms. The van der Waals surface area contributed by atoms with Crippen LogP contribution in [0.15, 0.2) is 24.3 Å². The van der Waals surface area contributed by atoms with Gasteiger partial charge in [0.2, 0.25) is 11.7 Å². The zero-order chi connectivity index (χ0) is 16.9. The number of benzene rings is 1. The molecule has 0 aliphatic carbocycles. The topological polar surface area (TPSA) is 72.7 Å². The minimum atomic E-state index is -0.614. The molecule has 120 valence electrons. The Bertz CT molecular complexity index is 707. The van der Waals surface area contributed by atoms with Crippen molar-refractivity contribution in [3.63, 3.8) is 0 Å². The highest BCUT2D eigenvalue weighted by atomic mass is 16.2. The second-order valence-corrected chi connectivity index (χ2v) is 5.49. The van der Waals surface area contributed by atoms with E-state index in [9.17, 15) is 4.79 Å². The van der Waals surface area contributed by atoms with Crippen molar-refractivity contribution in [1.82, 2.24) is 25.5 Å². The van der Waals surface area contributed by atoms with E-state index in [0.29, 0.717) is 18.7 Å². The third-order valence-corrected chi connectivity index (χ3v) is 3.91. The molecule has 6 nitrogen and oxygen atoms in total. The first kappa shape index (κ1) is 16.7. The van der Waals surface area contributed by atoms with E-state index in [4.69, 9.17) is 6.42 Å². The molecule has 0 radical (unpaired) electrons. The van der Waals surface area contributed by atoms with Gasteiger partial charge in [-0.15, -0.1) is 16.6 Å². The maximum atomic E-state index is 12.2. The fourth-order valence-electron chi connectivity index (χ4n) is 2.23. The Morgan fingerprint density at radius 3 is 2.52 bits per heavy atom. The summed E-state index contributed by atoms with van der Waals surface area (Å²) in [6.45, 7) is 5.90. The van der Waals surface area contributed by atoms with Gasteiger partial charge in [-0.05, 0) is 25.0 Å². The van der Waals surface area contributed by atoms with E-state index in [2.05, 4.69) is 26.6 Å². The molecule has 0 bridgehead atoms. The number of terminal acetylenes is 1. The molecule has 6 heteroatoms. The highest BCUT2D eigenvalue weighted by Gasteiger charge is 2.25. The van der Waals surface area contributed by atoms with Crippen molar-refractivity contribution in [1.29, 1.82) is 0 Å². The second-order valence-electron chi connectivity index (χ2n) is 5.49. The Labute approximate surface area is 136 Å². The van der Waals surface area contributed by atoms with Gasteiger partial charge in [0.05, 0.1) is 0 Å². The zero-order valence-electron chi connectivity index (χ0n) is 13.7. The molecule has 1 aromatic carbocycles. The van der Waals surface area contributed by atoms with Gasteiger partial charge in [-0.2, -0.15) is 4.80 Å². The van der Waals surface area contributed by atoms with Gasteiger partial charge in [0.25, 0.3) is 0 Å². The number of carbonyl (C=O) groups excluding carboxylic acids is 1. The molecule has 0 aliphatic rings. The summed E-state index contributed by atoms with van der Waals surface area (Å²) in [7, 11) is 0. The Hall–Kier alpha value is -2.68. The molecule has 0 unspecified atom stereocenters. The average Bonchev–Trinajstić information content (AvgIpc) is 3.02. The summed E-state index contributed by atoms with van der Waals surface area (Å²) in [5.41, 5.74) is 1.41. The number of aromatic nitrogens is 4. The molecule has 1 aromatic heterocycles. The lowest BCUT2D eigenvalue weighted by Crippen LogP contribution is -2.47. The van der Waals surface area contributed by atoms with Crippen molar-refractivity contribution in [2.45, 2.75) is 45.7 Å². The van der Waals surface area contributed by atoms with E-state index in [0.717, 1.165) is 11.1 Å². The first-order chi connectivity index (χ1) is 11.0. The first-order valence-corrected chi connectivity index (χ1v) is 7.65. The van der Waals surface area contributed by atoms with E-state index in [1.54, 1.807) is 0 Å². The highest BCUT2D eigenvalue weighted by Crippen LogP contribution is 2.15. The molecule has 2 rings (SSSR count). The fraction of sp³-hybridized carbons (Fsp3) is 0.412. The smallest absolute Gasteiger partial charge is 0.244 e. The van der Waals surface area contributed by atoms with E-state index < -0.39 is 5.54 Å². The van der Waals surface area contributed by atoms with Crippen LogP contribution < -0.4 is 5.32 Å². The number of hydrogen-bond donors (Lipinski definition) is 1. The number of hydrogen-bond acceptors (Lipinski definition) is 4. The third-order valence-electron chi connectivity index (χ3n) is 3.91. The summed E-state index contributed by atoms with van der Waals surface area (Å²) >= 11 is 0. The van der Waals surface area contributed by atoms with Gasteiger partial charge in [0, 0.05) is 5.56 Å². The number of rotatable bonds is 6. The van der Waals surface area contributed by atoms with Crippen LogP contribution in [0.5, 0.6) is 0 Å². The van der Waals surface area contributed by atoms with Gasteiger partial charge in [-0.1, -0.05) is 49.6 Å². The van der Waals surface area contributed by atoms with Crippen molar-refractivity contribution < 1.29 is 4.79 Å². The van der Waals surface area contributed by atoms with E-state index >= 15 is 0 Å². The second kappa shape index (κ2) is 7.05. The van der Waals surface area contributed by atoms with E-state index in [-0.39, 0.29) is 12.5 Å². The largest absolute Gasteiger partial charge is 0.338 e. The summed E-state index contributed by atoms with van der Waals surface area (Å²) < 4.78 is 0. The molecular formula is C17H21N5O. The van der Waals surface area contributed by atoms with Crippen LogP contribution in [0.3, 0.4) is 0 Å². The number of tetrazole rings is 1. The van der Waals surface area contributed by atoms with Crippen LogP contribution in [0.25, 0.3) is 11.4 Å². The lowest BCUT2D eigenvalue weighted by molar-refractivity contribution is -0.123. The summed E-state index contributed by atoms with van der Waals surface area (Å²) in [5, 5.41) is 15.0. The molecule has 0 saturated carbocycles. The Balaban J connectivity index is 2.06. The summed E-state index contributed by atoms with van der Waals surface area (Å²) in [6.07, 6.45) is 6.89. The normalized spacial score (nSPS) is 11.0. The van der Waals surface area contributed by atoms with Crippen molar-refractivity contribution in [3.05, 3.63) is 29.8 Å². The zero-order valence-corrected chi connectivity index (χ0v) is 13.7. The SMILES string of the molecule is C#CC(CC)(CC)NC(=O)Cn1nnc(-c2ccc(C)cc2)n1. The number of amides is 1. The third kappa shape index (κ3) is 3.95. The maximum Gasteiger partial charge on any atom is 0.244 e. The van der Waals surface area contributed by atoms with E-state index in [1.807, 2.05) is 45.0 Å². The lowest BCUT2D eigenvalue weighted by Gasteiger charge is -2.26. The van der Waals surface area contributed by atoms with Gasteiger partial charge in [0.15, 0.2) is 0 Å². The molecule has 0 saturated heterocycles. The standard InChI is InChI=1S/C17H21N5O/c1-5-17(6-2,7-3)18-15(23)12-22-20-16(19-21-22)14-10-8-13(4)9-11-14/h1,8-11H,6-7,12H2,2-4H3,(H,18,23). The molecule has 1 amide bonds. The number of nitrogens with zero attached hydrogens (tertiary/aromatic N) is 4. The summed E-state index contributed by atoms with van der Waals surface area (Å²) in [4.78, 5) is 13.4. The number of carbonyl (C=O) groups is 1. The van der Waals surface area contributed by atoms with Gasteiger partial charge in [0.1, 0.15) is 12.1 Å². The van der Waals surface area contributed by atoms with Crippen LogP contribution in [0.1, 0.15) is 32.3 Å². The molecule has 0 aliphatic heterocycles. The molecule has 1 N–H and O–H groups in total. The molecular weight excluding hydrogens is 290 g/mol. The van der Waals surface area contributed by atoms with Gasteiger partial charge in [-0.25, -0.2) is 0 Å². The molecule has 0 spiro atoms.